The van der Waals surface area contributed by atoms with Gasteiger partial charge in [0.1, 0.15) is 10.8 Å². The van der Waals surface area contributed by atoms with Crippen molar-refractivity contribution in [3.05, 3.63) is 86.5 Å². The van der Waals surface area contributed by atoms with Gasteiger partial charge < -0.3 is 10.1 Å². The van der Waals surface area contributed by atoms with E-state index in [9.17, 15) is 27.2 Å². The number of alkyl halides is 3. The van der Waals surface area contributed by atoms with Gasteiger partial charge in [0.25, 0.3) is 5.56 Å². The normalized spacial score (nSPS) is 11.3. The number of para-hydroxylation sites is 1. The van der Waals surface area contributed by atoms with Crippen LogP contribution in [0.5, 0.6) is 0 Å². The Bertz CT molecular complexity index is 1200. The topological polar surface area (TPSA) is 73.2 Å². The maximum atomic E-state index is 13.2. The fourth-order valence-electron chi connectivity index (χ4n) is 2.83. The van der Waals surface area contributed by atoms with E-state index >= 15 is 0 Å². The first-order chi connectivity index (χ1) is 14.6. The zero-order chi connectivity index (χ0) is 22.8. The Labute approximate surface area is 178 Å². The highest BCUT2D eigenvalue weighted by molar-refractivity contribution is 6.32. The molecule has 0 spiro atoms. The van der Waals surface area contributed by atoms with E-state index in [0.717, 1.165) is 23.0 Å². The van der Waals surface area contributed by atoms with Crippen LogP contribution >= 0.6 is 11.6 Å². The van der Waals surface area contributed by atoms with Crippen molar-refractivity contribution in [2.75, 3.05) is 12.4 Å². The smallest absolute Gasteiger partial charge is 0.416 e. The minimum Gasteiger partial charge on any atom is -0.465 e. The summed E-state index contributed by atoms with van der Waals surface area (Å²) in [7, 11) is 1.18. The molecule has 6 nitrogen and oxygen atoms in total. The van der Waals surface area contributed by atoms with Crippen LogP contribution in [0.4, 0.5) is 23.2 Å². The zero-order valence-corrected chi connectivity index (χ0v) is 16.6. The molecule has 0 radical (unpaired) electrons. The lowest BCUT2D eigenvalue weighted by Gasteiger charge is -2.15. The molecule has 0 aliphatic rings. The molecule has 1 heterocycles. The summed E-state index contributed by atoms with van der Waals surface area (Å²) in [5.41, 5.74) is -2.05. The zero-order valence-electron chi connectivity index (χ0n) is 15.8. The number of carbonyl (C=O) groups excluding carboxylic acids is 1. The van der Waals surface area contributed by atoms with Crippen LogP contribution in [0.2, 0.25) is 5.02 Å². The second-order valence-corrected chi connectivity index (χ2v) is 6.63. The van der Waals surface area contributed by atoms with E-state index in [1.54, 1.807) is 12.1 Å². The summed E-state index contributed by atoms with van der Waals surface area (Å²) in [6.07, 6.45) is -3.63. The van der Waals surface area contributed by atoms with Crippen LogP contribution < -0.4 is 10.9 Å². The van der Waals surface area contributed by atoms with Crippen molar-refractivity contribution in [2.45, 2.75) is 12.7 Å². The Kier molecular flexibility index (Phi) is 6.30. The molecule has 0 saturated carbocycles. The highest BCUT2D eigenvalue weighted by Gasteiger charge is 2.33. The fourth-order valence-corrected chi connectivity index (χ4v) is 3.02. The number of anilines is 1. The largest absolute Gasteiger partial charge is 0.465 e. The predicted molar refractivity (Wildman–Crippen MR) is 105 cm³/mol. The Hall–Kier alpha value is -3.40. The quantitative estimate of drug-likeness (QED) is 0.455. The van der Waals surface area contributed by atoms with Gasteiger partial charge in [-0.15, -0.1) is 0 Å². The van der Waals surface area contributed by atoms with Crippen molar-refractivity contribution >= 4 is 23.3 Å². The Morgan fingerprint density at radius 1 is 1.23 bits per heavy atom. The third-order valence-corrected chi connectivity index (χ3v) is 4.67. The van der Waals surface area contributed by atoms with Gasteiger partial charge in [-0.25, -0.2) is 9.18 Å². The molecule has 0 atom stereocenters. The molecular weight excluding hydrogens is 442 g/mol. The maximum absolute atomic E-state index is 13.2. The maximum Gasteiger partial charge on any atom is 0.416 e. The van der Waals surface area contributed by atoms with Crippen LogP contribution in [0.3, 0.4) is 0 Å². The lowest BCUT2D eigenvalue weighted by Crippen LogP contribution is -2.25. The molecule has 1 N–H and O–H groups in total. The van der Waals surface area contributed by atoms with Crippen molar-refractivity contribution < 1.29 is 27.1 Å². The summed E-state index contributed by atoms with van der Waals surface area (Å²) >= 11 is 6.10. The first kappa shape index (κ1) is 22.3. The predicted octanol–water partition coefficient (Wildman–Crippen LogP) is 4.44. The molecule has 11 heteroatoms. The molecule has 1 aromatic heterocycles. The van der Waals surface area contributed by atoms with Gasteiger partial charge in [-0.1, -0.05) is 29.8 Å². The summed E-state index contributed by atoms with van der Waals surface area (Å²) in [4.78, 5) is 24.6. The minimum atomic E-state index is -4.76. The van der Waals surface area contributed by atoms with Crippen molar-refractivity contribution in [1.82, 2.24) is 9.78 Å². The number of aromatic nitrogens is 2. The average molecular weight is 456 g/mol. The van der Waals surface area contributed by atoms with Crippen LogP contribution in [0.25, 0.3) is 5.69 Å². The molecule has 0 unspecified atom stereocenters. The second-order valence-electron chi connectivity index (χ2n) is 6.25. The molecule has 0 aliphatic carbocycles. The van der Waals surface area contributed by atoms with Gasteiger partial charge in [0, 0.05) is 6.54 Å². The molecule has 0 bridgehead atoms. The summed E-state index contributed by atoms with van der Waals surface area (Å²) in [6, 6.07) is 8.30. The number of methoxy groups -OCH3 is 1. The number of nitrogens with one attached hydrogen (secondary N) is 1. The standard InChI is InChI=1S/C20H14ClF4N3O3/c1-31-19(30)13-4-2-3-5-16(13)28-18(29)17(21)15(10-27-28)26-9-11-6-7-12(22)8-14(11)20(23,24)25/h2-8,10,26H,9H2,1H3. The van der Waals surface area contributed by atoms with Crippen LogP contribution in [0.1, 0.15) is 21.5 Å². The Balaban J connectivity index is 1.94. The number of hydrogen-bond acceptors (Lipinski definition) is 5. The fraction of sp³-hybridized carbons (Fsp3) is 0.150. The first-order valence-electron chi connectivity index (χ1n) is 8.68. The van der Waals surface area contributed by atoms with Crippen molar-refractivity contribution in [3.8, 4) is 5.69 Å². The highest BCUT2D eigenvalue weighted by Crippen LogP contribution is 2.33. The molecule has 162 valence electrons. The molecule has 3 aromatic rings. The first-order valence-corrected chi connectivity index (χ1v) is 9.06. The van der Waals surface area contributed by atoms with Gasteiger partial charge in [0.2, 0.25) is 0 Å². The Morgan fingerprint density at radius 2 is 1.94 bits per heavy atom. The average Bonchev–Trinajstić information content (AvgIpc) is 2.74. The van der Waals surface area contributed by atoms with E-state index in [4.69, 9.17) is 11.6 Å². The van der Waals surface area contributed by atoms with E-state index in [-0.39, 0.29) is 27.5 Å². The van der Waals surface area contributed by atoms with Gasteiger partial charge in [-0.05, 0) is 29.8 Å². The van der Waals surface area contributed by atoms with Crippen molar-refractivity contribution in [3.63, 3.8) is 0 Å². The second kappa shape index (κ2) is 8.76. The molecule has 2 aromatic carbocycles. The number of nitrogens with zero attached hydrogens (tertiary/aromatic N) is 2. The third-order valence-electron chi connectivity index (χ3n) is 4.30. The Morgan fingerprint density at radius 3 is 2.61 bits per heavy atom. The number of carbonyl (C=O) groups is 1. The summed E-state index contributed by atoms with van der Waals surface area (Å²) in [5, 5.41) is 6.20. The molecule has 31 heavy (non-hydrogen) atoms. The molecule has 3 rings (SSSR count). The SMILES string of the molecule is COC(=O)c1ccccc1-n1ncc(NCc2ccc(F)cc2C(F)(F)F)c(Cl)c1=O. The van der Waals surface area contributed by atoms with Gasteiger partial charge >= 0.3 is 12.1 Å². The monoisotopic (exact) mass is 455 g/mol. The number of ether oxygens (including phenoxy) is 1. The number of rotatable bonds is 5. The number of benzene rings is 2. The van der Waals surface area contributed by atoms with Gasteiger partial charge in [-0.3, -0.25) is 4.79 Å². The van der Waals surface area contributed by atoms with E-state index in [2.05, 4.69) is 15.2 Å². The number of hydrogen-bond donors (Lipinski definition) is 1. The highest BCUT2D eigenvalue weighted by atomic mass is 35.5. The van der Waals surface area contributed by atoms with Crippen molar-refractivity contribution in [2.24, 2.45) is 0 Å². The van der Waals surface area contributed by atoms with Gasteiger partial charge in [-0.2, -0.15) is 23.0 Å². The number of esters is 1. The summed E-state index contributed by atoms with van der Waals surface area (Å²) in [6.45, 7) is -0.390. The molecule has 0 amide bonds. The third kappa shape index (κ3) is 4.69. The summed E-state index contributed by atoms with van der Waals surface area (Å²) < 4.78 is 58.2. The molecule has 0 aliphatic heterocycles. The lowest BCUT2D eigenvalue weighted by molar-refractivity contribution is -0.138. The number of halogens is 5. The van der Waals surface area contributed by atoms with Crippen LogP contribution in [-0.4, -0.2) is 22.9 Å². The van der Waals surface area contributed by atoms with Crippen LogP contribution in [-0.2, 0) is 17.5 Å². The molecule has 0 fully saturated rings. The van der Waals surface area contributed by atoms with E-state index in [1.165, 1.54) is 19.2 Å². The van der Waals surface area contributed by atoms with E-state index < -0.39 is 35.6 Å². The van der Waals surface area contributed by atoms with Gasteiger partial charge in [0.15, 0.2) is 0 Å². The van der Waals surface area contributed by atoms with Crippen LogP contribution in [0, 0.1) is 5.82 Å². The van der Waals surface area contributed by atoms with Gasteiger partial charge in [0.05, 0.1) is 35.8 Å². The lowest BCUT2D eigenvalue weighted by atomic mass is 10.1. The molecular formula is C20H14ClF4N3O3. The molecule has 0 saturated heterocycles. The van der Waals surface area contributed by atoms with Crippen LogP contribution in [0.15, 0.2) is 53.5 Å². The minimum absolute atomic E-state index is 0.0316. The van der Waals surface area contributed by atoms with E-state index in [0.29, 0.717) is 6.07 Å². The summed E-state index contributed by atoms with van der Waals surface area (Å²) in [5.74, 6) is -1.72. The van der Waals surface area contributed by atoms with E-state index in [1.807, 2.05) is 0 Å². The van der Waals surface area contributed by atoms with Crippen molar-refractivity contribution in [1.29, 1.82) is 0 Å².